The predicted molar refractivity (Wildman–Crippen MR) is 97.1 cm³/mol. The molecule has 134 valence electrons. The fourth-order valence-electron chi connectivity index (χ4n) is 3.12. The van der Waals surface area contributed by atoms with Crippen LogP contribution in [0.15, 0.2) is 73.3 Å². The molecule has 1 aliphatic rings. The van der Waals surface area contributed by atoms with Crippen molar-refractivity contribution in [1.29, 1.82) is 0 Å². The number of esters is 1. The van der Waals surface area contributed by atoms with Gasteiger partial charge in [0.2, 0.25) is 0 Å². The summed E-state index contributed by atoms with van der Waals surface area (Å²) in [6, 6.07) is 18.9. The first-order chi connectivity index (χ1) is 12.7. The average molecular weight is 351 g/mol. The van der Waals surface area contributed by atoms with E-state index in [1.165, 1.54) is 4.90 Å². The zero-order valence-corrected chi connectivity index (χ0v) is 14.5. The molecule has 2 aromatic rings. The summed E-state index contributed by atoms with van der Waals surface area (Å²) in [5.74, 6) is -0.432. The van der Waals surface area contributed by atoms with Crippen LogP contribution in [0.1, 0.15) is 17.5 Å². The molecule has 1 atom stereocenters. The number of hydrogen-bond acceptors (Lipinski definition) is 4. The second-order valence-corrected chi connectivity index (χ2v) is 6.22. The Hall–Kier alpha value is -3.08. The molecular formula is C21H21NO4. The lowest BCUT2D eigenvalue weighted by atomic mass is 9.87. The first-order valence-corrected chi connectivity index (χ1v) is 8.46. The summed E-state index contributed by atoms with van der Waals surface area (Å²) in [7, 11) is 0. The molecule has 5 heteroatoms. The van der Waals surface area contributed by atoms with E-state index in [9.17, 15) is 9.59 Å². The maximum Gasteiger partial charge on any atom is 0.413 e. The Labute approximate surface area is 152 Å². The summed E-state index contributed by atoms with van der Waals surface area (Å²) < 4.78 is 10.6. The molecule has 1 saturated heterocycles. The first-order valence-electron chi connectivity index (χ1n) is 8.46. The normalized spacial score (nSPS) is 19.1. The fourth-order valence-corrected chi connectivity index (χ4v) is 3.12. The lowest BCUT2D eigenvalue weighted by Gasteiger charge is -2.32. The second kappa shape index (κ2) is 7.87. The fraction of sp³-hybridized carbons (Fsp3) is 0.238. The number of cyclic esters (lactones) is 1. The van der Waals surface area contributed by atoms with Gasteiger partial charge in [-0.3, -0.25) is 4.90 Å². The number of nitrogens with zero attached hydrogens (tertiary/aromatic N) is 1. The molecule has 2 aromatic carbocycles. The van der Waals surface area contributed by atoms with E-state index in [-0.39, 0.29) is 13.3 Å². The van der Waals surface area contributed by atoms with E-state index in [0.29, 0.717) is 12.8 Å². The van der Waals surface area contributed by atoms with Crippen LogP contribution in [0.3, 0.4) is 0 Å². The minimum atomic E-state index is -1.13. The van der Waals surface area contributed by atoms with E-state index in [1.54, 1.807) is 6.08 Å². The van der Waals surface area contributed by atoms with Gasteiger partial charge >= 0.3 is 12.1 Å². The average Bonchev–Trinajstić information content (AvgIpc) is 2.98. The summed E-state index contributed by atoms with van der Waals surface area (Å²) in [5, 5.41) is 0. The zero-order valence-electron chi connectivity index (χ0n) is 14.5. The Kier molecular flexibility index (Phi) is 5.37. The maximum absolute atomic E-state index is 12.7. The molecule has 0 radical (unpaired) electrons. The molecule has 1 amide bonds. The molecule has 1 fully saturated rings. The Morgan fingerprint density at radius 2 is 1.73 bits per heavy atom. The topological polar surface area (TPSA) is 55.8 Å². The molecule has 0 N–H and O–H groups in total. The zero-order chi connectivity index (χ0) is 18.4. The van der Waals surface area contributed by atoms with E-state index in [1.807, 2.05) is 60.7 Å². The molecular weight excluding hydrogens is 330 g/mol. The van der Waals surface area contributed by atoms with Gasteiger partial charge in [-0.15, -0.1) is 6.58 Å². The van der Waals surface area contributed by atoms with Crippen LogP contribution in [0.25, 0.3) is 0 Å². The summed E-state index contributed by atoms with van der Waals surface area (Å²) in [6.07, 6.45) is 1.70. The second-order valence-electron chi connectivity index (χ2n) is 6.22. The number of ether oxygens (including phenoxy) is 2. The van der Waals surface area contributed by atoms with Gasteiger partial charge in [0.1, 0.15) is 6.61 Å². The smallest absolute Gasteiger partial charge is 0.413 e. The number of carbonyl (C=O) groups excluding carboxylic acids is 2. The van der Waals surface area contributed by atoms with Gasteiger partial charge in [0.25, 0.3) is 0 Å². The highest BCUT2D eigenvalue weighted by Crippen LogP contribution is 2.33. The minimum absolute atomic E-state index is 0.118. The van der Waals surface area contributed by atoms with Crippen molar-refractivity contribution in [3.05, 3.63) is 84.4 Å². The van der Waals surface area contributed by atoms with E-state index in [0.717, 1.165) is 11.1 Å². The summed E-state index contributed by atoms with van der Waals surface area (Å²) in [5.41, 5.74) is 0.690. The standard InChI is InChI=1S/C21H21NO4/c1-2-13-21(14-17-9-5-3-6-10-17)19(23)26-16-22(21)20(24)25-15-18-11-7-4-8-12-18/h2-12H,1,13-16H2/t21-/m1/s1. The van der Waals surface area contributed by atoms with Gasteiger partial charge in [0.15, 0.2) is 12.3 Å². The number of carbonyl (C=O) groups is 2. The van der Waals surface area contributed by atoms with E-state index in [4.69, 9.17) is 9.47 Å². The Morgan fingerprint density at radius 1 is 1.12 bits per heavy atom. The molecule has 0 spiro atoms. The number of rotatable bonds is 6. The van der Waals surface area contributed by atoms with Gasteiger partial charge in [-0.25, -0.2) is 9.59 Å². The van der Waals surface area contributed by atoms with Crippen LogP contribution in [-0.2, 0) is 27.3 Å². The van der Waals surface area contributed by atoms with Crippen molar-refractivity contribution >= 4 is 12.1 Å². The van der Waals surface area contributed by atoms with Crippen LogP contribution >= 0.6 is 0 Å². The van der Waals surface area contributed by atoms with Crippen LogP contribution in [0.4, 0.5) is 4.79 Å². The molecule has 1 aliphatic heterocycles. The third-order valence-electron chi connectivity index (χ3n) is 4.47. The molecule has 0 saturated carbocycles. The summed E-state index contributed by atoms with van der Waals surface area (Å²) in [4.78, 5) is 26.6. The van der Waals surface area contributed by atoms with Crippen LogP contribution in [0, 0.1) is 0 Å². The van der Waals surface area contributed by atoms with Gasteiger partial charge in [-0.1, -0.05) is 66.7 Å². The van der Waals surface area contributed by atoms with Gasteiger partial charge in [0.05, 0.1) is 0 Å². The Bertz CT molecular complexity index is 775. The highest BCUT2D eigenvalue weighted by Gasteiger charge is 2.52. The molecule has 1 heterocycles. The van der Waals surface area contributed by atoms with Gasteiger partial charge in [0, 0.05) is 6.42 Å². The minimum Gasteiger partial charge on any atom is -0.444 e. The third-order valence-corrected chi connectivity index (χ3v) is 4.47. The number of benzene rings is 2. The van der Waals surface area contributed by atoms with Gasteiger partial charge < -0.3 is 9.47 Å². The largest absolute Gasteiger partial charge is 0.444 e. The van der Waals surface area contributed by atoms with Crippen molar-refractivity contribution < 1.29 is 19.1 Å². The van der Waals surface area contributed by atoms with Gasteiger partial charge in [-0.05, 0) is 17.5 Å². The predicted octanol–water partition coefficient (Wildman–Crippen LogP) is 3.70. The van der Waals surface area contributed by atoms with Crippen molar-refractivity contribution in [1.82, 2.24) is 4.90 Å². The monoisotopic (exact) mass is 351 g/mol. The number of amides is 1. The van der Waals surface area contributed by atoms with Crippen molar-refractivity contribution in [2.45, 2.75) is 25.0 Å². The van der Waals surface area contributed by atoms with Crippen LogP contribution in [0.5, 0.6) is 0 Å². The van der Waals surface area contributed by atoms with Crippen molar-refractivity contribution in [3.8, 4) is 0 Å². The highest BCUT2D eigenvalue weighted by atomic mass is 16.6. The third kappa shape index (κ3) is 3.61. The summed E-state index contributed by atoms with van der Waals surface area (Å²) in [6.45, 7) is 3.77. The van der Waals surface area contributed by atoms with Crippen molar-refractivity contribution in [3.63, 3.8) is 0 Å². The number of hydrogen-bond donors (Lipinski definition) is 0. The lowest BCUT2D eigenvalue weighted by Crippen LogP contribution is -2.52. The molecule has 5 nitrogen and oxygen atoms in total. The van der Waals surface area contributed by atoms with E-state index < -0.39 is 17.6 Å². The Morgan fingerprint density at radius 3 is 2.35 bits per heavy atom. The molecule has 3 rings (SSSR count). The van der Waals surface area contributed by atoms with Gasteiger partial charge in [-0.2, -0.15) is 0 Å². The molecule has 0 aliphatic carbocycles. The van der Waals surface area contributed by atoms with E-state index in [2.05, 4.69) is 6.58 Å². The van der Waals surface area contributed by atoms with E-state index >= 15 is 0 Å². The maximum atomic E-state index is 12.7. The quantitative estimate of drug-likeness (QED) is 0.588. The Balaban J connectivity index is 1.80. The van der Waals surface area contributed by atoms with Crippen LogP contribution < -0.4 is 0 Å². The van der Waals surface area contributed by atoms with Crippen LogP contribution in [-0.4, -0.2) is 29.2 Å². The summed E-state index contributed by atoms with van der Waals surface area (Å²) >= 11 is 0. The molecule has 0 unspecified atom stereocenters. The SMILES string of the molecule is C=CC[C@@]1(Cc2ccccc2)C(=O)OCN1C(=O)OCc1ccccc1. The molecule has 26 heavy (non-hydrogen) atoms. The van der Waals surface area contributed by atoms with Crippen LogP contribution in [0.2, 0.25) is 0 Å². The highest BCUT2D eigenvalue weighted by molar-refractivity contribution is 5.88. The van der Waals surface area contributed by atoms with Crippen molar-refractivity contribution in [2.24, 2.45) is 0 Å². The molecule has 0 aromatic heterocycles. The first kappa shape index (κ1) is 17.7. The lowest BCUT2D eigenvalue weighted by molar-refractivity contribution is -0.142. The molecule has 0 bridgehead atoms. The van der Waals surface area contributed by atoms with Crippen molar-refractivity contribution in [2.75, 3.05) is 6.73 Å².